The average molecular weight is 313 g/mol. The second-order valence-corrected chi connectivity index (χ2v) is 3.91. The second kappa shape index (κ2) is 6.52. The molecule has 0 aliphatic rings. The van der Waals surface area contributed by atoms with E-state index < -0.39 is 0 Å². The van der Waals surface area contributed by atoms with Crippen LogP contribution < -0.4 is 21.5 Å². The first-order valence-electron chi connectivity index (χ1n) is 4.98. The Kier molecular flexibility index (Phi) is 5.32. The molecule has 17 heavy (non-hydrogen) atoms. The molecule has 0 N–H and O–H groups in total. The summed E-state index contributed by atoms with van der Waals surface area (Å²) < 4.78 is 1.84. The fourth-order valence-electron chi connectivity index (χ4n) is 1.43. The molecule has 0 unspecified atom stereocenters. The van der Waals surface area contributed by atoms with Crippen LogP contribution in [-0.4, -0.2) is 5.78 Å². The van der Waals surface area contributed by atoms with E-state index in [2.05, 4.69) is 0 Å². The molecule has 0 aliphatic carbocycles. The molecular weight excluding hydrogens is 302 g/mol. The number of carbonyl (C=O) groups is 1. The lowest BCUT2D eigenvalue weighted by molar-refractivity contribution is -0.683. The highest BCUT2D eigenvalue weighted by Crippen LogP contribution is 2.09. The van der Waals surface area contributed by atoms with Crippen molar-refractivity contribution < 1.29 is 26.3 Å². The normalized spacial score (nSPS) is 9.47. The number of ketones is 1. The van der Waals surface area contributed by atoms with E-state index in [1.807, 2.05) is 35.2 Å². The topological polar surface area (TPSA) is 20.9 Å². The third kappa shape index (κ3) is 3.95. The molecule has 2 rings (SSSR count). The van der Waals surface area contributed by atoms with Crippen molar-refractivity contribution in [3.63, 3.8) is 0 Å². The Labute approximate surface area is 116 Å². The first-order valence-corrected chi connectivity index (χ1v) is 5.36. The Morgan fingerprint density at radius 1 is 1.06 bits per heavy atom. The maximum Gasteiger partial charge on any atom is 0.227 e. The zero-order chi connectivity index (χ0) is 11.4. The van der Waals surface area contributed by atoms with Crippen LogP contribution >= 0.6 is 11.6 Å². The van der Waals surface area contributed by atoms with Crippen LogP contribution in [0, 0.1) is 0 Å². The molecule has 0 saturated heterocycles. The predicted octanol–water partition coefficient (Wildman–Crippen LogP) is -0.486. The molecule has 0 saturated carbocycles. The molecule has 0 atom stereocenters. The fourth-order valence-corrected chi connectivity index (χ4v) is 1.56. The minimum atomic E-state index is 0. The van der Waals surface area contributed by atoms with Gasteiger partial charge in [-0.1, -0.05) is 17.7 Å². The Hall–Kier alpha value is -1.19. The van der Waals surface area contributed by atoms with Crippen molar-refractivity contribution in [3.8, 4) is 0 Å². The maximum atomic E-state index is 11.9. The van der Waals surface area contributed by atoms with Gasteiger partial charge in [0.05, 0.1) is 0 Å². The van der Waals surface area contributed by atoms with Crippen molar-refractivity contribution in [1.82, 2.24) is 0 Å². The predicted molar refractivity (Wildman–Crippen MR) is 62.4 cm³/mol. The van der Waals surface area contributed by atoms with E-state index >= 15 is 0 Å². The summed E-state index contributed by atoms with van der Waals surface area (Å²) in [7, 11) is 0. The summed E-state index contributed by atoms with van der Waals surface area (Å²) in [4.78, 5) is 11.9. The van der Waals surface area contributed by atoms with Crippen molar-refractivity contribution in [2.45, 2.75) is 6.54 Å². The van der Waals surface area contributed by atoms with Gasteiger partial charge in [0.2, 0.25) is 12.3 Å². The first-order chi connectivity index (χ1) is 7.75. The summed E-state index contributed by atoms with van der Waals surface area (Å²) >= 11 is 5.76. The molecule has 88 valence electrons. The van der Waals surface area contributed by atoms with Gasteiger partial charge in [-0.2, -0.15) is 4.57 Å². The van der Waals surface area contributed by atoms with Gasteiger partial charge >= 0.3 is 0 Å². The average Bonchev–Trinajstić information content (AvgIpc) is 2.31. The Balaban J connectivity index is 0.00000144. The van der Waals surface area contributed by atoms with Crippen LogP contribution in [0.1, 0.15) is 10.4 Å². The smallest absolute Gasteiger partial charge is 0.227 e. The van der Waals surface area contributed by atoms with E-state index in [1.54, 1.807) is 24.3 Å². The van der Waals surface area contributed by atoms with Gasteiger partial charge in [-0.3, -0.25) is 4.79 Å². The van der Waals surface area contributed by atoms with Gasteiger partial charge in [-0.25, -0.2) is 0 Å². The summed E-state index contributed by atoms with van der Waals surface area (Å²) in [5, 5.41) is 0.643. The van der Waals surface area contributed by atoms with Crippen molar-refractivity contribution >= 4 is 17.4 Å². The largest absolute Gasteiger partial charge is 1.00 e. The molecule has 0 aliphatic heterocycles. The highest BCUT2D eigenvalue weighted by molar-refractivity contribution is 6.30. The summed E-state index contributed by atoms with van der Waals surface area (Å²) in [6.45, 7) is 0.350. The van der Waals surface area contributed by atoms with E-state index in [0.717, 1.165) is 0 Å². The Bertz CT molecular complexity index is 485. The van der Waals surface area contributed by atoms with Gasteiger partial charge in [0.15, 0.2) is 12.4 Å². The fraction of sp³-hybridized carbons (Fsp3) is 0.0769. The molecule has 0 bridgehead atoms. The molecule has 1 heterocycles. The van der Waals surface area contributed by atoms with Crippen molar-refractivity contribution in [1.29, 1.82) is 0 Å². The van der Waals surface area contributed by atoms with E-state index in [-0.39, 0.29) is 22.8 Å². The lowest BCUT2D eigenvalue weighted by Gasteiger charge is -1.98. The molecular formula is C13H11BrClNO. The number of nitrogens with zero attached hydrogens (tertiary/aromatic N) is 1. The number of hydrogen-bond acceptors (Lipinski definition) is 1. The highest BCUT2D eigenvalue weighted by Gasteiger charge is 2.10. The Morgan fingerprint density at radius 3 is 2.24 bits per heavy atom. The van der Waals surface area contributed by atoms with Gasteiger partial charge in [0, 0.05) is 22.7 Å². The van der Waals surface area contributed by atoms with Crippen LogP contribution in [0.2, 0.25) is 5.02 Å². The van der Waals surface area contributed by atoms with Crippen molar-refractivity contribution in [2.24, 2.45) is 0 Å². The van der Waals surface area contributed by atoms with Crippen LogP contribution in [0.25, 0.3) is 0 Å². The highest BCUT2D eigenvalue weighted by atomic mass is 79.9. The number of halogens is 2. The third-order valence-corrected chi connectivity index (χ3v) is 2.52. The van der Waals surface area contributed by atoms with Gasteiger partial charge in [-0.15, -0.1) is 0 Å². The minimum absolute atomic E-state index is 0. The standard InChI is InChI=1S/C13H11ClNO.BrH/c14-12-6-4-11(5-7-12)13(16)10-15-8-2-1-3-9-15;/h1-9H,10H2;1H/q+1;/p-1. The van der Waals surface area contributed by atoms with E-state index in [1.165, 1.54) is 0 Å². The van der Waals surface area contributed by atoms with E-state index in [0.29, 0.717) is 17.1 Å². The van der Waals surface area contributed by atoms with E-state index in [4.69, 9.17) is 11.6 Å². The molecule has 1 aromatic carbocycles. The number of aromatic nitrogens is 1. The number of hydrogen-bond donors (Lipinski definition) is 0. The number of benzene rings is 1. The monoisotopic (exact) mass is 311 g/mol. The third-order valence-electron chi connectivity index (χ3n) is 2.27. The number of carbonyl (C=O) groups excluding carboxylic acids is 1. The summed E-state index contributed by atoms with van der Waals surface area (Å²) in [6.07, 6.45) is 3.74. The zero-order valence-corrected chi connectivity index (χ0v) is 11.4. The van der Waals surface area contributed by atoms with Crippen LogP contribution in [-0.2, 0) is 6.54 Å². The van der Waals surface area contributed by atoms with Gasteiger partial charge in [-0.05, 0) is 24.3 Å². The molecule has 0 radical (unpaired) electrons. The lowest BCUT2D eigenvalue weighted by Crippen LogP contribution is -3.00. The number of Topliss-reactive ketones (excluding diaryl/α,β-unsaturated/α-hetero) is 1. The molecule has 0 amide bonds. The van der Waals surface area contributed by atoms with Gasteiger partial charge in [0.1, 0.15) is 0 Å². The molecule has 4 heteroatoms. The second-order valence-electron chi connectivity index (χ2n) is 3.48. The first kappa shape index (κ1) is 13.9. The summed E-state index contributed by atoms with van der Waals surface area (Å²) in [5.41, 5.74) is 0.681. The number of rotatable bonds is 3. The summed E-state index contributed by atoms with van der Waals surface area (Å²) in [6, 6.07) is 12.7. The van der Waals surface area contributed by atoms with E-state index in [9.17, 15) is 4.79 Å². The van der Waals surface area contributed by atoms with Crippen LogP contribution in [0.3, 0.4) is 0 Å². The minimum Gasteiger partial charge on any atom is -1.00 e. The van der Waals surface area contributed by atoms with Crippen LogP contribution in [0.5, 0.6) is 0 Å². The summed E-state index contributed by atoms with van der Waals surface area (Å²) in [5.74, 6) is 0.0767. The van der Waals surface area contributed by atoms with Crippen molar-refractivity contribution in [2.75, 3.05) is 0 Å². The lowest BCUT2D eigenvalue weighted by atomic mass is 10.1. The quantitative estimate of drug-likeness (QED) is 0.554. The molecule has 2 aromatic rings. The molecule has 1 aromatic heterocycles. The van der Waals surface area contributed by atoms with Crippen molar-refractivity contribution in [3.05, 3.63) is 65.4 Å². The van der Waals surface area contributed by atoms with Crippen LogP contribution in [0.15, 0.2) is 54.9 Å². The SMILES string of the molecule is O=C(C[n+]1ccccc1)c1ccc(Cl)cc1.[Br-]. The maximum absolute atomic E-state index is 11.9. The Morgan fingerprint density at radius 2 is 1.65 bits per heavy atom. The van der Waals surface area contributed by atoms with Crippen LogP contribution in [0.4, 0.5) is 0 Å². The zero-order valence-electron chi connectivity index (χ0n) is 9.01. The number of pyridine rings is 1. The molecule has 0 fully saturated rings. The van der Waals surface area contributed by atoms with Gasteiger partial charge in [0.25, 0.3) is 0 Å². The molecule has 2 nitrogen and oxygen atoms in total. The molecule has 0 spiro atoms. The van der Waals surface area contributed by atoms with Gasteiger partial charge < -0.3 is 17.0 Å².